The standard InChI is InChI=1S/C5H4N3O2/c6-4-3(5(9)10)1-7-2-8-4/h1H,(H,9,10)(H2,6,7,8). The number of carbonyl (C=O) groups is 1. The van der Waals surface area contributed by atoms with Gasteiger partial charge in [-0.25, -0.2) is 14.8 Å². The maximum Gasteiger partial charge on any atom is 0.341 e. The van der Waals surface area contributed by atoms with Crippen LogP contribution in [0.4, 0.5) is 5.82 Å². The van der Waals surface area contributed by atoms with E-state index in [1.807, 2.05) is 0 Å². The molecule has 51 valence electrons. The van der Waals surface area contributed by atoms with Crippen LogP contribution in [-0.2, 0) is 0 Å². The third-order valence-electron chi connectivity index (χ3n) is 0.928. The first-order chi connectivity index (χ1) is 4.72. The molecule has 3 N–H and O–H groups in total. The minimum absolute atomic E-state index is 0.0671. The molecule has 1 aromatic rings. The Labute approximate surface area is 56.5 Å². The van der Waals surface area contributed by atoms with Crippen molar-refractivity contribution in [2.75, 3.05) is 5.73 Å². The lowest BCUT2D eigenvalue weighted by molar-refractivity contribution is 0.0697. The molecule has 10 heavy (non-hydrogen) atoms. The Hall–Kier alpha value is -1.65. The lowest BCUT2D eigenvalue weighted by Crippen LogP contribution is -2.04. The minimum atomic E-state index is -1.13. The summed E-state index contributed by atoms with van der Waals surface area (Å²) >= 11 is 0. The molecule has 0 saturated carbocycles. The summed E-state index contributed by atoms with van der Waals surface area (Å²) in [6.45, 7) is 0. The fourth-order valence-corrected chi connectivity index (χ4v) is 0.467. The topological polar surface area (TPSA) is 89.1 Å². The number of nitrogens with two attached hydrogens (primary N) is 1. The van der Waals surface area contributed by atoms with Crippen molar-refractivity contribution in [1.29, 1.82) is 0 Å². The summed E-state index contributed by atoms with van der Waals surface area (Å²) in [5.74, 6) is -1.20. The predicted octanol–water partition coefficient (Wildman–Crippen LogP) is -0.443. The number of hydrogen-bond acceptors (Lipinski definition) is 4. The van der Waals surface area contributed by atoms with Crippen LogP contribution >= 0.6 is 0 Å². The van der Waals surface area contributed by atoms with Gasteiger partial charge in [-0.3, -0.25) is 0 Å². The van der Waals surface area contributed by atoms with E-state index in [9.17, 15) is 4.79 Å². The van der Waals surface area contributed by atoms with Gasteiger partial charge in [-0.05, 0) is 0 Å². The Kier molecular flexibility index (Phi) is 1.49. The number of anilines is 1. The zero-order valence-electron chi connectivity index (χ0n) is 4.90. The van der Waals surface area contributed by atoms with Gasteiger partial charge in [-0.2, -0.15) is 0 Å². The molecule has 0 unspecified atom stereocenters. The maximum absolute atomic E-state index is 10.2. The zero-order valence-corrected chi connectivity index (χ0v) is 4.90. The quantitative estimate of drug-likeness (QED) is 0.549. The third-order valence-corrected chi connectivity index (χ3v) is 0.928. The maximum atomic E-state index is 10.2. The highest BCUT2D eigenvalue weighted by atomic mass is 16.4. The van der Waals surface area contributed by atoms with Gasteiger partial charge in [0.25, 0.3) is 0 Å². The van der Waals surface area contributed by atoms with Crippen LogP contribution in [0.5, 0.6) is 0 Å². The van der Waals surface area contributed by atoms with E-state index in [2.05, 4.69) is 16.3 Å². The molecule has 1 rings (SSSR count). The van der Waals surface area contributed by atoms with Crippen LogP contribution < -0.4 is 5.73 Å². The Morgan fingerprint density at radius 1 is 1.80 bits per heavy atom. The number of carboxylic acid groups (broad SMARTS) is 1. The van der Waals surface area contributed by atoms with E-state index in [1.54, 1.807) is 0 Å². The molecule has 0 aliphatic heterocycles. The first kappa shape index (κ1) is 6.47. The van der Waals surface area contributed by atoms with E-state index < -0.39 is 5.97 Å². The molecule has 1 heterocycles. The summed E-state index contributed by atoms with van der Waals surface area (Å²) in [5, 5.41) is 8.39. The summed E-state index contributed by atoms with van der Waals surface area (Å²) in [4.78, 5) is 17.0. The molecule has 0 spiro atoms. The van der Waals surface area contributed by atoms with E-state index in [0.29, 0.717) is 0 Å². The molecule has 0 aliphatic carbocycles. The smallest absolute Gasteiger partial charge is 0.341 e. The molecule has 1 radical (unpaired) electrons. The number of aromatic nitrogens is 2. The van der Waals surface area contributed by atoms with Gasteiger partial charge in [0.15, 0.2) is 6.33 Å². The number of aromatic carboxylic acids is 1. The van der Waals surface area contributed by atoms with Gasteiger partial charge in [0.1, 0.15) is 11.4 Å². The van der Waals surface area contributed by atoms with E-state index in [1.165, 1.54) is 0 Å². The van der Waals surface area contributed by atoms with Crippen LogP contribution in [0.2, 0.25) is 0 Å². The van der Waals surface area contributed by atoms with Gasteiger partial charge in [-0.15, -0.1) is 0 Å². The fourth-order valence-electron chi connectivity index (χ4n) is 0.467. The van der Waals surface area contributed by atoms with Crippen LogP contribution in [0, 0.1) is 6.33 Å². The first-order valence-corrected chi connectivity index (χ1v) is 2.43. The number of rotatable bonds is 1. The molecule has 0 bridgehead atoms. The highest BCUT2D eigenvalue weighted by Crippen LogP contribution is 2.02. The van der Waals surface area contributed by atoms with Crippen molar-refractivity contribution in [2.24, 2.45) is 0 Å². The summed E-state index contributed by atoms with van der Waals surface area (Å²) < 4.78 is 0. The summed E-state index contributed by atoms with van der Waals surface area (Å²) in [5.41, 5.74) is 5.06. The molecule has 5 nitrogen and oxygen atoms in total. The van der Waals surface area contributed by atoms with Crippen molar-refractivity contribution in [1.82, 2.24) is 9.97 Å². The SMILES string of the molecule is Nc1n[c]ncc1C(=O)O. The fraction of sp³-hybridized carbons (Fsp3) is 0. The van der Waals surface area contributed by atoms with Gasteiger partial charge in [-0.1, -0.05) is 0 Å². The summed E-state index contributed by atoms with van der Waals surface area (Å²) in [6.07, 6.45) is 3.27. The molecule has 0 saturated heterocycles. The Balaban J connectivity index is 3.15. The molecule has 0 aromatic carbocycles. The Morgan fingerprint density at radius 2 is 2.50 bits per heavy atom. The van der Waals surface area contributed by atoms with Crippen molar-refractivity contribution in [3.63, 3.8) is 0 Å². The Morgan fingerprint density at radius 3 is 2.90 bits per heavy atom. The summed E-state index contributed by atoms with van der Waals surface area (Å²) in [6, 6.07) is 0. The summed E-state index contributed by atoms with van der Waals surface area (Å²) in [7, 11) is 0. The highest BCUT2D eigenvalue weighted by molar-refractivity contribution is 5.91. The predicted molar refractivity (Wildman–Crippen MR) is 32.2 cm³/mol. The second-order valence-electron chi connectivity index (χ2n) is 1.57. The van der Waals surface area contributed by atoms with E-state index in [-0.39, 0.29) is 11.4 Å². The average Bonchev–Trinajstić information content (AvgIpc) is 1.88. The van der Waals surface area contributed by atoms with Crippen molar-refractivity contribution in [2.45, 2.75) is 0 Å². The monoisotopic (exact) mass is 138 g/mol. The lowest BCUT2D eigenvalue weighted by Gasteiger charge is -1.93. The zero-order chi connectivity index (χ0) is 7.56. The minimum Gasteiger partial charge on any atom is -0.477 e. The lowest BCUT2D eigenvalue weighted by atomic mass is 10.3. The number of nitrogens with zero attached hydrogens (tertiary/aromatic N) is 2. The molecule has 0 amide bonds. The van der Waals surface area contributed by atoms with Crippen molar-refractivity contribution >= 4 is 11.8 Å². The highest BCUT2D eigenvalue weighted by Gasteiger charge is 2.06. The molecule has 0 aliphatic rings. The first-order valence-electron chi connectivity index (χ1n) is 2.43. The number of nitrogen functional groups attached to an aromatic ring is 1. The van der Waals surface area contributed by atoms with Gasteiger partial charge in [0.05, 0.1) is 0 Å². The molecule has 0 atom stereocenters. The van der Waals surface area contributed by atoms with E-state index >= 15 is 0 Å². The van der Waals surface area contributed by atoms with Crippen molar-refractivity contribution in [3.8, 4) is 0 Å². The van der Waals surface area contributed by atoms with Crippen LogP contribution in [0.3, 0.4) is 0 Å². The molecule has 1 aromatic heterocycles. The second kappa shape index (κ2) is 2.30. The van der Waals surface area contributed by atoms with Crippen molar-refractivity contribution < 1.29 is 9.90 Å². The molecular formula is C5H4N3O2. The van der Waals surface area contributed by atoms with Gasteiger partial charge in [0.2, 0.25) is 0 Å². The van der Waals surface area contributed by atoms with Crippen LogP contribution in [0.25, 0.3) is 0 Å². The molecule has 5 heteroatoms. The van der Waals surface area contributed by atoms with Gasteiger partial charge < -0.3 is 10.8 Å². The average molecular weight is 138 g/mol. The Bertz CT molecular complexity index is 261. The second-order valence-corrected chi connectivity index (χ2v) is 1.57. The van der Waals surface area contributed by atoms with Crippen LogP contribution in [0.15, 0.2) is 6.20 Å². The normalized spacial score (nSPS) is 9.20. The largest absolute Gasteiger partial charge is 0.477 e. The van der Waals surface area contributed by atoms with Gasteiger partial charge >= 0.3 is 5.97 Å². The van der Waals surface area contributed by atoms with Crippen LogP contribution in [0.1, 0.15) is 10.4 Å². The van der Waals surface area contributed by atoms with E-state index in [0.717, 1.165) is 6.20 Å². The van der Waals surface area contributed by atoms with Crippen molar-refractivity contribution in [3.05, 3.63) is 18.1 Å². The number of hydrogen-bond donors (Lipinski definition) is 2. The number of carboxylic acids is 1. The third kappa shape index (κ3) is 1.02. The molecular weight excluding hydrogens is 134 g/mol. The van der Waals surface area contributed by atoms with Gasteiger partial charge in [0, 0.05) is 6.20 Å². The molecule has 0 fully saturated rings. The van der Waals surface area contributed by atoms with Crippen LogP contribution in [-0.4, -0.2) is 21.0 Å². The van der Waals surface area contributed by atoms with E-state index in [4.69, 9.17) is 10.8 Å².